The monoisotopic (exact) mass is 477 g/mol. The highest BCUT2D eigenvalue weighted by Crippen LogP contribution is 2.09. The Morgan fingerprint density at radius 2 is 1.03 bits per heavy atom. The highest BCUT2D eigenvalue weighted by Gasteiger charge is 2.11. The summed E-state index contributed by atoms with van der Waals surface area (Å²) in [4.78, 5) is 2.22. The largest absolute Gasteiger partial charge is 0.380 e. The van der Waals surface area contributed by atoms with Crippen LogP contribution < -0.4 is 0 Å². The van der Waals surface area contributed by atoms with Gasteiger partial charge in [-0.3, -0.25) is 0 Å². The van der Waals surface area contributed by atoms with Gasteiger partial charge in [0.05, 0.1) is 19.3 Å². The lowest BCUT2D eigenvalue weighted by Crippen LogP contribution is -2.37. The molecule has 0 amide bonds. The summed E-state index contributed by atoms with van der Waals surface area (Å²) < 4.78 is 11.9. The van der Waals surface area contributed by atoms with Crippen LogP contribution in [-0.2, 0) is 9.47 Å². The molecule has 1 unspecified atom stereocenters. The first-order chi connectivity index (χ1) is 16.7. The Labute approximate surface area is 214 Å². The smallest absolute Gasteiger partial charge is 0.0644 e. The van der Waals surface area contributed by atoms with Crippen molar-refractivity contribution in [2.45, 2.75) is 123 Å². The van der Waals surface area contributed by atoms with Crippen LogP contribution in [0.1, 0.15) is 117 Å². The molecule has 0 fully saturated rings. The quantitative estimate of drug-likeness (QED) is 0.0916. The van der Waals surface area contributed by atoms with E-state index in [1.807, 2.05) is 0 Å². The first kappa shape index (κ1) is 33.1. The SMILES string of the molecule is CCC=CCCCCOCC(COCCCCCCCCC=CCC=CCCCCC)N(C)C. The molecule has 1 atom stereocenters. The van der Waals surface area contributed by atoms with E-state index >= 15 is 0 Å². The van der Waals surface area contributed by atoms with Gasteiger partial charge in [-0.05, 0) is 78.3 Å². The predicted molar refractivity (Wildman–Crippen MR) is 152 cm³/mol. The van der Waals surface area contributed by atoms with E-state index in [4.69, 9.17) is 9.47 Å². The summed E-state index contributed by atoms with van der Waals surface area (Å²) in [6.07, 6.45) is 34.0. The normalized spacial score (nSPS) is 13.3. The summed E-state index contributed by atoms with van der Waals surface area (Å²) in [6.45, 7) is 7.71. The van der Waals surface area contributed by atoms with Crippen molar-refractivity contribution in [1.29, 1.82) is 0 Å². The number of rotatable bonds is 26. The molecule has 0 saturated heterocycles. The minimum atomic E-state index is 0.351. The molecule has 0 heterocycles. The lowest BCUT2D eigenvalue weighted by Gasteiger charge is -2.24. The molecule has 200 valence electrons. The van der Waals surface area contributed by atoms with Crippen LogP contribution in [0.2, 0.25) is 0 Å². The van der Waals surface area contributed by atoms with Crippen LogP contribution in [0.4, 0.5) is 0 Å². The van der Waals surface area contributed by atoms with Gasteiger partial charge in [0.2, 0.25) is 0 Å². The molecule has 0 aliphatic carbocycles. The van der Waals surface area contributed by atoms with E-state index in [-0.39, 0.29) is 0 Å². The van der Waals surface area contributed by atoms with E-state index in [2.05, 4.69) is 69.3 Å². The fraction of sp³-hybridized carbons (Fsp3) is 0.806. The Kier molecular flexibility index (Phi) is 27.6. The zero-order chi connectivity index (χ0) is 25.0. The van der Waals surface area contributed by atoms with Gasteiger partial charge in [-0.25, -0.2) is 0 Å². The Bertz CT molecular complexity index is 470. The average molecular weight is 478 g/mol. The van der Waals surface area contributed by atoms with Crippen LogP contribution in [0.3, 0.4) is 0 Å². The first-order valence-electron chi connectivity index (χ1n) is 14.5. The molecule has 0 aromatic rings. The minimum Gasteiger partial charge on any atom is -0.380 e. The molecule has 0 spiro atoms. The van der Waals surface area contributed by atoms with Crippen molar-refractivity contribution in [2.24, 2.45) is 0 Å². The van der Waals surface area contributed by atoms with E-state index in [0.29, 0.717) is 6.04 Å². The lowest BCUT2D eigenvalue weighted by atomic mass is 10.1. The third kappa shape index (κ3) is 25.7. The highest BCUT2D eigenvalue weighted by atomic mass is 16.5. The van der Waals surface area contributed by atoms with Crippen molar-refractivity contribution in [3.8, 4) is 0 Å². The molecular formula is C31H59NO2. The van der Waals surface area contributed by atoms with Crippen LogP contribution in [0.25, 0.3) is 0 Å². The molecule has 0 bridgehead atoms. The van der Waals surface area contributed by atoms with E-state index < -0.39 is 0 Å². The molecule has 0 aliphatic heterocycles. The molecule has 3 heteroatoms. The van der Waals surface area contributed by atoms with Crippen molar-refractivity contribution in [3.05, 3.63) is 36.5 Å². The van der Waals surface area contributed by atoms with Gasteiger partial charge < -0.3 is 14.4 Å². The zero-order valence-electron chi connectivity index (χ0n) is 23.4. The topological polar surface area (TPSA) is 21.7 Å². The van der Waals surface area contributed by atoms with Crippen LogP contribution in [-0.4, -0.2) is 51.5 Å². The fourth-order valence-corrected chi connectivity index (χ4v) is 3.73. The van der Waals surface area contributed by atoms with Crippen molar-refractivity contribution in [2.75, 3.05) is 40.5 Å². The van der Waals surface area contributed by atoms with Gasteiger partial charge in [0, 0.05) is 13.2 Å². The van der Waals surface area contributed by atoms with E-state index in [1.54, 1.807) is 0 Å². The molecular weight excluding hydrogens is 418 g/mol. The number of allylic oxidation sites excluding steroid dienone is 6. The predicted octanol–water partition coefficient (Wildman–Crippen LogP) is 8.90. The maximum Gasteiger partial charge on any atom is 0.0644 e. The minimum absolute atomic E-state index is 0.351. The first-order valence-corrected chi connectivity index (χ1v) is 14.5. The van der Waals surface area contributed by atoms with Crippen LogP contribution >= 0.6 is 0 Å². The lowest BCUT2D eigenvalue weighted by molar-refractivity contribution is 0.0199. The van der Waals surface area contributed by atoms with E-state index in [1.165, 1.54) is 83.5 Å². The second kappa shape index (κ2) is 28.3. The van der Waals surface area contributed by atoms with Gasteiger partial charge in [0.15, 0.2) is 0 Å². The Balaban J connectivity index is 3.47. The molecule has 0 aromatic carbocycles. The van der Waals surface area contributed by atoms with Gasteiger partial charge in [-0.1, -0.05) is 88.8 Å². The summed E-state index contributed by atoms with van der Waals surface area (Å²) in [7, 11) is 4.24. The van der Waals surface area contributed by atoms with Gasteiger partial charge in [0.25, 0.3) is 0 Å². The molecule has 0 saturated carbocycles. The van der Waals surface area contributed by atoms with Crippen molar-refractivity contribution >= 4 is 0 Å². The standard InChI is InChI=1S/C31H59NO2/c1-5-7-9-11-13-14-15-16-17-18-19-20-21-22-24-26-28-34-30-31(32(3)4)29-33-27-25-23-12-10-8-6-2/h8,10,13-14,16-17,31H,5-7,9,11-12,15,18-30H2,1-4H3. The van der Waals surface area contributed by atoms with Crippen LogP contribution in [0.5, 0.6) is 0 Å². The van der Waals surface area contributed by atoms with Gasteiger partial charge in [-0.2, -0.15) is 0 Å². The van der Waals surface area contributed by atoms with Crippen molar-refractivity contribution in [3.63, 3.8) is 0 Å². The number of hydrogen-bond acceptors (Lipinski definition) is 3. The van der Waals surface area contributed by atoms with Crippen LogP contribution in [0, 0.1) is 0 Å². The van der Waals surface area contributed by atoms with E-state index in [0.717, 1.165) is 45.7 Å². The Hall–Kier alpha value is -0.900. The molecule has 0 N–H and O–H groups in total. The van der Waals surface area contributed by atoms with E-state index in [9.17, 15) is 0 Å². The second-order valence-corrected chi connectivity index (χ2v) is 9.73. The second-order valence-electron chi connectivity index (χ2n) is 9.73. The number of ether oxygens (including phenoxy) is 2. The number of unbranched alkanes of at least 4 members (excludes halogenated alkanes) is 11. The van der Waals surface area contributed by atoms with Crippen molar-refractivity contribution in [1.82, 2.24) is 4.90 Å². The maximum absolute atomic E-state index is 5.95. The fourth-order valence-electron chi connectivity index (χ4n) is 3.73. The third-order valence-electron chi connectivity index (χ3n) is 6.15. The molecule has 0 aromatic heterocycles. The zero-order valence-corrected chi connectivity index (χ0v) is 23.4. The number of nitrogens with zero attached hydrogens (tertiary/aromatic N) is 1. The maximum atomic E-state index is 5.95. The molecule has 0 rings (SSSR count). The Morgan fingerprint density at radius 3 is 1.59 bits per heavy atom. The highest BCUT2D eigenvalue weighted by molar-refractivity contribution is 4.92. The van der Waals surface area contributed by atoms with Gasteiger partial charge >= 0.3 is 0 Å². The summed E-state index contributed by atoms with van der Waals surface area (Å²) in [5, 5.41) is 0. The Morgan fingerprint density at radius 1 is 0.559 bits per heavy atom. The number of hydrogen-bond donors (Lipinski definition) is 0. The van der Waals surface area contributed by atoms with Gasteiger partial charge in [-0.15, -0.1) is 0 Å². The number of likely N-dealkylation sites (N-methyl/N-ethyl adjacent to an activating group) is 1. The third-order valence-corrected chi connectivity index (χ3v) is 6.15. The van der Waals surface area contributed by atoms with Gasteiger partial charge in [0.1, 0.15) is 0 Å². The summed E-state index contributed by atoms with van der Waals surface area (Å²) in [6, 6.07) is 0.351. The molecule has 3 nitrogen and oxygen atoms in total. The molecule has 0 radical (unpaired) electrons. The summed E-state index contributed by atoms with van der Waals surface area (Å²) >= 11 is 0. The molecule has 0 aliphatic rings. The summed E-state index contributed by atoms with van der Waals surface area (Å²) in [5.74, 6) is 0. The van der Waals surface area contributed by atoms with Crippen LogP contribution in [0.15, 0.2) is 36.5 Å². The van der Waals surface area contributed by atoms with Crippen molar-refractivity contribution < 1.29 is 9.47 Å². The summed E-state index contributed by atoms with van der Waals surface area (Å²) in [5.41, 5.74) is 0. The average Bonchev–Trinajstić information content (AvgIpc) is 2.83. The molecule has 34 heavy (non-hydrogen) atoms.